The molecule has 0 aliphatic heterocycles. The van der Waals surface area contributed by atoms with E-state index in [1.807, 2.05) is 26.0 Å². The molecule has 0 amide bonds. The molecule has 1 rings (SSSR count). The molecular formula is C12H19NO2S. The summed E-state index contributed by atoms with van der Waals surface area (Å²) in [6.45, 7) is 3.98. The summed E-state index contributed by atoms with van der Waals surface area (Å²) in [5, 5.41) is 0. The van der Waals surface area contributed by atoms with Crippen LogP contribution in [0, 0.1) is 0 Å². The molecule has 1 aromatic carbocycles. The number of nitrogen functional groups attached to an aromatic ring is 1. The highest BCUT2D eigenvalue weighted by Gasteiger charge is 2.17. The number of nitrogens with two attached hydrogens (primary N) is 1. The van der Waals surface area contributed by atoms with E-state index >= 15 is 0 Å². The molecule has 3 nitrogen and oxygen atoms in total. The van der Waals surface area contributed by atoms with Crippen molar-refractivity contribution in [1.29, 1.82) is 0 Å². The fraction of sp³-hybridized carbons (Fsp3) is 0.500. The number of ether oxygens (including phenoxy) is 1. The van der Waals surface area contributed by atoms with Crippen LogP contribution in [0.5, 0.6) is 0 Å². The van der Waals surface area contributed by atoms with Gasteiger partial charge in [-0.3, -0.25) is 4.21 Å². The zero-order valence-electron chi connectivity index (χ0n) is 10.0. The largest absolute Gasteiger partial charge is 0.399 e. The maximum atomic E-state index is 12.0. The summed E-state index contributed by atoms with van der Waals surface area (Å²) < 4.78 is 17.2. The van der Waals surface area contributed by atoms with Crippen LogP contribution < -0.4 is 5.73 Å². The fourth-order valence-corrected chi connectivity index (χ4v) is 2.63. The van der Waals surface area contributed by atoms with Crippen LogP contribution in [0.4, 0.5) is 5.69 Å². The Balaban J connectivity index is 2.60. The third kappa shape index (κ3) is 3.94. The Morgan fingerprint density at radius 1 is 1.44 bits per heavy atom. The van der Waals surface area contributed by atoms with E-state index in [1.54, 1.807) is 19.2 Å². The van der Waals surface area contributed by atoms with Crippen LogP contribution in [-0.2, 0) is 15.5 Å². The molecule has 0 bridgehead atoms. The number of benzene rings is 1. The summed E-state index contributed by atoms with van der Waals surface area (Å²) in [6.07, 6.45) is 0.755. The van der Waals surface area contributed by atoms with Gasteiger partial charge in [-0.25, -0.2) is 0 Å². The van der Waals surface area contributed by atoms with Gasteiger partial charge in [0.25, 0.3) is 0 Å². The monoisotopic (exact) mass is 241 g/mol. The van der Waals surface area contributed by atoms with Crippen LogP contribution >= 0.6 is 0 Å². The molecule has 1 atom stereocenters. The van der Waals surface area contributed by atoms with Crippen LogP contribution in [0.2, 0.25) is 0 Å². The Morgan fingerprint density at radius 3 is 2.69 bits per heavy atom. The highest BCUT2D eigenvalue weighted by Crippen LogP contribution is 2.17. The predicted octanol–water partition coefficient (Wildman–Crippen LogP) is 2.19. The Morgan fingerprint density at radius 2 is 2.12 bits per heavy atom. The highest BCUT2D eigenvalue weighted by molar-refractivity contribution is 7.85. The van der Waals surface area contributed by atoms with Crippen LogP contribution in [0.3, 0.4) is 0 Å². The minimum atomic E-state index is -1.00. The van der Waals surface area contributed by atoms with Crippen molar-refractivity contribution in [1.82, 2.24) is 0 Å². The van der Waals surface area contributed by atoms with Crippen LogP contribution in [0.1, 0.15) is 20.3 Å². The van der Waals surface area contributed by atoms with E-state index in [0.29, 0.717) is 11.4 Å². The molecule has 0 aliphatic rings. The van der Waals surface area contributed by atoms with E-state index in [1.165, 1.54) is 0 Å². The van der Waals surface area contributed by atoms with E-state index in [4.69, 9.17) is 10.5 Å². The van der Waals surface area contributed by atoms with Crippen molar-refractivity contribution in [2.45, 2.75) is 30.8 Å². The average Bonchev–Trinajstić information content (AvgIpc) is 2.26. The lowest BCUT2D eigenvalue weighted by atomic mass is 10.1. The summed E-state index contributed by atoms with van der Waals surface area (Å²) >= 11 is 0. The van der Waals surface area contributed by atoms with Crippen LogP contribution in [0.25, 0.3) is 0 Å². The second kappa shape index (κ2) is 5.46. The molecular weight excluding hydrogens is 222 g/mol. The first-order valence-electron chi connectivity index (χ1n) is 5.24. The molecule has 0 heterocycles. The third-order valence-corrected chi connectivity index (χ3v) is 3.92. The first kappa shape index (κ1) is 13.2. The van der Waals surface area contributed by atoms with Gasteiger partial charge < -0.3 is 10.5 Å². The lowest BCUT2D eigenvalue weighted by Gasteiger charge is -2.22. The third-order valence-electron chi connectivity index (χ3n) is 2.56. The summed E-state index contributed by atoms with van der Waals surface area (Å²) in [6, 6.07) is 7.21. The van der Waals surface area contributed by atoms with Gasteiger partial charge in [-0.1, -0.05) is 6.07 Å². The lowest BCUT2D eigenvalue weighted by molar-refractivity contribution is 0.0205. The number of anilines is 1. The van der Waals surface area contributed by atoms with Gasteiger partial charge in [0, 0.05) is 23.4 Å². The van der Waals surface area contributed by atoms with E-state index in [0.717, 1.165) is 11.3 Å². The standard InChI is InChI=1S/C12H19NO2S/c1-12(2,15-3)7-8-16(14)11-6-4-5-10(13)9-11/h4-6,9H,7-8,13H2,1-3H3. The molecule has 90 valence electrons. The summed E-state index contributed by atoms with van der Waals surface area (Å²) in [7, 11) is 0.668. The minimum Gasteiger partial charge on any atom is -0.399 e. The van der Waals surface area contributed by atoms with Crippen molar-refractivity contribution in [3.8, 4) is 0 Å². The molecule has 0 fully saturated rings. The van der Waals surface area contributed by atoms with E-state index in [9.17, 15) is 4.21 Å². The minimum absolute atomic E-state index is 0.226. The van der Waals surface area contributed by atoms with Gasteiger partial charge in [0.05, 0.1) is 16.4 Å². The summed E-state index contributed by atoms with van der Waals surface area (Å²) in [5.41, 5.74) is 6.07. The Kier molecular flexibility index (Phi) is 4.50. The molecule has 1 unspecified atom stereocenters. The molecule has 4 heteroatoms. The van der Waals surface area contributed by atoms with Gasteiger partial charge in [-0.15, -0.1) is 0 Å². The van der Waals surface area contributed by atoms with Crippen molar-refractivity contribution >= 4 is 16.5 Å². The zero-order valence-corrected chi connectivity index (χ0v) is 10.8. The predicted molar refractivity (Wildman–Crippen MR) is 67.8 cm³/mol. The smallest absolute Gasteiger partial charge is 0.0631 e. The molecule has 0 saturated carbocycles. The molecule has 0 saturated heterocycles. The average molecular weight is 241 g/mol. The summed E-state index contributed by atoms with van der Waals surface area (Å²) in [4.78, 5) is 0.784. The van der Waals surface area contributed by atoms with Crippen molar-refractivity contribution in [3.63, 3.8) is 0 Å². The number of hydrogen-bond donors (Lipinski definition) is 1. The SMILES string of the molecule is COC(C)(C)CCS(=O)c1cccc(N)c1. The Hall–Kier alpha value is -0.870. The van der Waals surface area contributed by atoms with E-state index < -0.39 is 10.8 Å². The zero-order chi connectivity index (χ0) is 12.2. The Bertz CT molecular complexity index is 377. The summed E-state index contributed by atoms with van der Waals surface area (Å²) in [5.74, 6) is 0.588. The number of hydrogen-bond acceptors (Lipinski definition) is 3. The molecule has 2 N–H and O–H groups in total. The number of rotatable bonds is 5. The molecule has 1 aromatic rings. The first-order chi connectivity index (χ1) is 7.44. The van der Waals surface area contributed by atoms with Crippen molar-refractivity contribution in [2.75, 3.05) is 18.6 Å². The molecule has 0 aromatic heterocycles. The quantitative estimate of drug-likeness (QED) is 0.804. The topological polar surface area (TPSA) is 52.3 Å². The number of methoxy groups -OCH3 is 1. The van der Waals surface area contributed by atoms with E-state index in [-0.39, 0.29) is 5.60 Å². The molecule has 0 aliphatic carbocycles. The van der Waals surface area contributed by atoms with Crippen LogP contribution in [-0.4, -0.2) is 22.7 Å². The lowest BCUT2D eigenvalue weighted by Crippen LogP contribution is -2.24. The van der Waals surface area contributed by atoms with Gasteiger partial charge >= 0.3 is 0 Å². The highest BCUT2D eigenvalue weighted by atomic mass is 32.2. The van der Waals surface area contributed by atoms with Crippen molar-refractivity contribution < 1.29 is 8.95 Å². The normalized spacial score (nSPS) is 13.7. The molecule has 16 heavy (non-hydrogen) atoms. The maximum absolute atomic E-state index is 12.0. The second-order valence-corrected chi connectivity index (χ2v) is 5.91. The molecule has 0 radical (unpaired) electrons. The van der Waals surface area contributed by atoms with Crippen LogP contribution in [0.15, 0.2) is 29.2 Å². The first-order valence-corrected chi connectivity index (χ1v) is 6.55. The van der Waals surface area contributed by atoms with Gasteiger partial charge in [0.15, 0.2) is 0 Å². The van der Waals surface area contributed by atoms with Crippen molar-refractivity contribution in [2.24, 2.45) is 0 Å². The fourth-order valence-electron chi connectivity index (χ4n) is 1.21. The van der Waals surface area contributed by atoms with Gasteiger partial charge in [0.2, 0.25) is 0 Å². The Labute approximate surface area is 99.4 Å². The van der Waals surface area contributed by atoms with Gasteiger partial charge in [-0.05, 0) is 38.5 Å². The van der Waals surface area contributed by atoms with Crippen molar-refractivity contribution in [3.05, 3.63) is 24.3 Å². The van der Waals surface area contributed by atoms with Gasteiger partial charge in [-0.2, -0.15) is 0 Å². The second-order valence-electron chi connectivity index (χ2n) is 4.34. The van der Waals surface area contributed by atoms with E-state index in [2.05, 4.69) is 0 Å². The molecule has 0 spiro atoms. The maximum Gasteiger partial charge on any atom is 0.0631 e. The van der Waals surface area contributed by atoms with Gasteiger partial charge in [0.1, 0.15) is 0 Å².